The van der Waals surface area contributed by atoms with Gasteiger partial charge in [0.05, 0.1) is 24.7 Å². The van der Waals surface area contributed by atoms with Gasteiger partial charge in [-0.3, -0.25) is 4.72 Å². The largest absolute Gasteiger partial charge is 0.390 e. The normalized spacial score (nSPS) is 11.4. The Morgan fingerprint density at radius 1 is 1.35 bits per heavy atom. The van der Waals surface area contributed by atoms with E-state index in [4.69, 9.17) is 5.11 Å². The minimum Gasteiger partial charge on any atom is -0.390 e. The Kier molecular flexibility index (Phi) is 3.07. The summed E-state index contributed by atoms with van der Waals surface area (Å²) in [4.78, 5) is 10.1. The second-order valence-electron chi connectivity index (χ2n) is 3.25. The molecule has 0 bridgehead atoms. The van der Waals surface area contributed by atoms with Crippen molar-refractivity contribution in [3.05, 3.63) is 36.7 Å². The Morgan fingerprint density at radius 2 is 2.06 bits per heavy atom. The lowest BCUT2D eigenvalue weighted by atomic mass is 10.5. The number of rotatable bonds is 4. The number of aromatic nitrogens is 3. The summed E-state index contributed by atoms with van der Waals surface area (Å²) in [7, 11) is -3.67. The van der Waals surface area contributed by atoms with Crippen molar-refractivity contribution in [2.75, 3.05) is 4.72 Å². The maximum absolute atomic E-state index is 11.9. The van der Waals surface area contributed by atoms with Crippen LogP contribution in [0.5, 0.6) is 0 Å². The van der Waals surface area contributed by atoms with Gasteiger partial charge in [0.2, 0.25) is 0 Å². The third-order valence-corrected chi connectivity index (χ3v) is 3.37. The topological polar surface area (TPSA) is 108 Å². The molecule has 0 aliphatic rings. The average molecular weight is 254 g/mol. The predicted molar refractivity (Wildman–Crippen MR) is 59.6 cm³/mol. The number of nitrogens with one attached hydrogen (secondary N) is 2. The van der Waals surface area contributed by atoms with E-state index in [2.05, 4.69) is 19.7 Å². The SMILES string of the molecule is O=S(=O)(Nc1cncnc1)c1c[nH]c(CO)c1. The molecule has 0 fully saturated rings. The molecule has 2 aromatic rings. The lowest BCUT2D eigenvalue weighted by Crippen LogP contribution is -2.12. The molecule has 3 N–H and O–H groups in total. The van der Waals surface area contributed by atoms with Crippen LogP contribution in [0, 0.1) is 0 Å². The van der Waals surface area contributed by atoms with Crippen molar-refractivity contribution in [2.24, 2.45) is 0 Å². The molecule has 0 saturated heterocycles. The number of anilines is 1. The molecule has 90 valence electrons. The van der Waals surface area contributed by atoms with Gasteiger partial charge in [0, 0.05) is 11.9 Å². The molecule has 0 spiro atoms. The maximum Gasteiger partial charge on any atom is 0.263 e. The van der Waals surface area contributed by atoms with Gasteiger partial charge in [-0.05, 0) is 6.07 Å². The van der Waals surface area contributed by atoms with E-state index >= 15 is 0 Å². The number of aliphatic hydroxyl groups excluding tert-OH is 1. The highest BCUT2D eigenvalue weighted by Crippen LogP contribution is 2.15. The fraction of sp³-hybridized carbons (Fsp3) is 0.111. The van der Waals surface area contributed by atoms with Crippen molar-refractivity contribution in [1.82, 2.24) is 15.0 Å². The summed E-state index contributed by atoms with van der Waals surface area (Å²) >= 11 is 0. The van der Waals surface area contributed by atoms with Crippen LogP contribution in [-0.4, -0.2) is 28.5 Å². The van der Waals surface area contributed by atoms with Gasteiger partial charge in [0.1, 0.15) is 11.2 Å². The van der Waals surface area contributed by atoms with E-state index in [1.54, 1.807) is 0 Å². The Morgan fingerprint density at radius 3 is 2.65 bits per heavy atom. The molecule has 0 saturated carbocycles. The Bertz CT molecular complexity index is 594. The number of hydrogen-bond donors (Lipinski definition) is 3. The third kappa shape index (κ3) is 2.60. The van der Waals surface area contributed by atoms with Crippen LogP contribution in [0.2, 0.25) is 0 Å². The highest BCUT2D eigenvalue weighted by molar-refractivity contribution is 7.92. The van der Waals surface area contributed by atoms with Gasteiger partial charge >= 0.3 is 0 Å². The standard InChI is InChI=1S/C9H10N4O3S/c14-5-7-1-9(4-12-7)17(15,16)13-8-2-10-6-11-3-8/h1-4,6,12-14H,5H2. The van der Waals surface area contributed by atoms with Crippen LogP contribution in [0.1, 0.15) is 5.69 Å². The van der Waals surface area contributed by atoms with Gasteiger partial charge in [0.25, 0.3) is 10.0 Å². The zero-order chi connectivity index (χ0) is 12.3. The molecule has 2 rings (SSSR count). The zero-order valence-electron chi connectivity index (χ0n) is 8.66. The lowest BCUT2D eigenvalue weighted by Gasteiger charge is -2.04. The first kappa shape index (κ1) is 11.6. The van der Waals surface area contributed by atoms with E-state index in [1.165, 1.54) is 31.0 Å². The highest BCUT2D eigenvalue weighted by Gasteiger charge is 2.16. The fourth-order valence-corrected chi connectivity index (χ4v) is 2.28. The minimum atomic E-state index is -3.67. The first-order valence-corrected chi connectivity index (χ1v) is 6.16. The molecule has 0 aliphatic heterocycles. The zero-order valence-corrected chi connectivity index (χ0v) is 9.48. The maximum atomic E-state index is 11.9. The van der Waals surface area contributed by atoms with Crippen molar-refractivity contribution in [1.29, 1.82) is 0 Å². The van der Waals surface area contributed by atoms with Crippen LogP contribution in [0.3, 0.4) is 0 Å². The van der Waals surface area contributed by atoms with Gasteiger partial charge in [-0.1, -0.05) is 0 Å². The monoisotopic (exact) mass is 254 g/mol. The van der Waals surface area contributed by atoms with Gasteiger partial charge in [-0.25, -0.2) is 18.4 Å². The molecule has 0 aromatic carbocycles. The van der Waals surface area contributed by atoms with Crippen LogP contribution >= 0.6 is 0 Å². The summed E-state index contributed by atoms with van der Waals surface area (Å²) in [5.41, 5.74) is 0.703. The van der Waals surface area contributed by atoms with Crippen LogP contribution in [0.25, 0.3) is 0 Å². The van der Waals surface area contributed by atoms with Crippen molar-refractivity contribution >= 4 is 15.7 Å². The summed E-state index contributed by atoms with van der Waals surface area (Å²) in [5.74, 6) is 0. The van der Waals surface area contributed by atoms with Crippen LogP contribution in [0.4, 0.5) is 5.69 Å². The molecule has 0 atom stereocenters. The molecule has 8 heteroatoms. The molecule has 2 aromatic heterocycles. The number of H-pyrrole nitrogens is 1. The lowest BCUT2D eigenvalue weighted by molar-refractivity contribution is 0.277. The first-order valence-electron chi connectivity index (χ1n) is 4.68. The third-order valence-electron chi connectivity index (χ3n) is 2.01. The second-order valence-corrected chi connectivity index (χ2v) is 4.93. The average Bonchev–Trinajstić information content (AvgIpc) is 2.79. The van der Waals surface area contributed by atoms with Crippen molar-refractivity contribution < 1.29 is 13.5 Å². The molecule has 0 aliphatic carbocycles. The fourth-order valence-electron chi connectivity index (χ4n) is 1.23. The molecule has 17 heavy (non-hydrogen) atoms. The van der Waals surface area contributed by atoms with Crippen molar-refractivity contribution in [3.8, 4) is 0 Å². The molecule has 7 nitrogen and oxygen atoms in total. The van der Waals surface area contributed by atoms with Gasteiger partial charge in [0.15, 0.2) is 0 Å². The smallest absolute Gasteiger partial charge is 0.263 e. The number of aliphatic hydroxyl groups is 1. The Hall–Kier alpha value is -1.93. The summed E-state index contributed by atoms with van der Waals surface area (Å²) in [6.07, 6.45) is 5.31. The van der Waals surface area contributed by atoms with E-state index in [0.717, 1.165) is 0 Å². The molecule has 0 unspecified atom stereocenters. The van der Waals surface area contributed by atoms with Crippen molar-refractivity contribution in [2.45, 2.75) is 11.5 Å². The molecule has 2 heterocycles. The van der Waals surface area contributed by atoms with Gasteiger partial charge in [-0.15, -0.1) is 0 Å². The number of aromatic amines is 1. The molecular formula is C9H10N4O3S. The molecular weight excluding hydrogens is 244 g/mol. The van der Waals surface area contributed by atoms with E-state index in [1.807, 2.05) is 0 Å². The summed E-state index contributed by atoms with van der Waals surface area (Å²) in [6, 6.07) is 1.35. The van der Waals surface area contributed by atoms with E-state index < -0.39 is 10.0 Å². The summed E-state index contributed by atoms with van der Waals surface area (Å²) in [6.45, 7) is -0.246. The van der Waals surface area contributed by atoms with Crippen LogP contribution in [0.15, 0.2) is 35.9 Å². The quantitative estimate of drug-likeness (QED) is 0.717. The van der Waals surface area contributed by atoms with E-state index in [9.17, 15) is 8.42 Å². The first-order chi connectivity index (χ1) is 8.12. The van der Waals surface area contributed by atoms with Gasteiger partial charge in [-0.2, -0.15) is 0 Å². The predicted octanol–water partition coefficient (Wildman–Crippen LogP) is 0.0978. The highest BCUT2D eigenvalue weighted by atomic mass is 32.2. The number of sulfonamides is 1. The van der Waals surface area contributed by atoms with Crippen LogP contribution < -0.4 is 4.72 Å². The summed E-state index contributed by atoms with van der Waals surface area (Å²) < 4.78 is 26.0. The second kappa shape index (κ2) is 4.52. The Labute approximate surface area is 97.6 Å². The molecule has 0 amide bonds. The van der Waals surface area contributed by atoms with E-state index in [0.29, 0.717) is 5.69 Å². The Balaban J connectivity index is 2.25. The van der Waals surface area contributed by atoms with Gasteiger partial charge < -0.3 is 10.1 Å². The summed E-state index contributed by atoms with van der Waals surface area (Å²) in [5, 5.41) is 8.84. The minimum absolute atomic E-state index is 0.0467. The van der Waals surface area contributed by atoms with Crippen LogP contribution in [-0.2, 0) is 16.6 Å². The van der Waals surface area contributed by atoms with Crippen molar-refractivity contribution in [3.63, 3.8) is 0 Å². The number of hydrogen-bond acceptors (Lipinski definition) is 5. The van der Waals surface area contributed by atoms with E-state index in [-0.39, 0.29) is 17.2 Å². The number of nitrogens with zero attached hydrogens (tertiary/aromatic N) is 2. The molecule has 0 radical (unpaired) electrons.